The summed E-state index contributed by atoms with van der Waals surface area (Å²) in [5, 5.41) is 7.34. The number of hydrogen-bond acceptors (Lipinski definition) is 2. The summed E-state index contributed by atoms with van der Waals surface area (Å²) >= 11 is 0. The predicted molar refractivity (Wildman–Crippen MR) is 80.2 cm³/mol. The third-order valence-electron chi connectivity index (χ3n) is 4.46. The van der Waals surface area contributed by atoms with Crippen molar-refractivity contribution in [1.29, 1.82) is 5.41 Å². The van der Waals surface area contributed by atoms with E-state index < -0.39 is 0 Å². The predicted octanol–water partition coefficient (Wildman–Crippen LogP) is 2.98. The Bertz CT molecular complexity index is 500. The van der Waals surface area contributed by atoms with Crippen LogP contribution in [0.2, 0.25) is 0 Å². The molecule has 0 radical (unpaired) electrons. The van der Waals surface area contributed by atoms with Crippen molar-refractivity contribution in [2.24, 2.45) is 17.6 Å². The first-order valence-electron chi connectivity index (χ1n) is 7.25. The monoisotopic (exact) mass is 277 g/mol. The number of hydrogen-bond donors (Lipinski definition) is 2. The number of nitrogen functional groups attached to an aromatic ring is 1. The van der Waals surface area contributed by atoms with E-state index in [2.05, 4.69) is 25.7 Å². The highest BCUT2D eigenvalue weighted by molar-refractivity contribution is 5.94. The Morgan fingerprint density at radius 1 is 1.40 bits per heavy atom. The van der Waals surface area contributed by atoms with Crippen molar-refractivity contribution < 1.29 is 4.39 Å². The first-order valence-corrected chi connectivity index (χ1v) is 7.25. The average molecular weight is 277 g/mol. The Labute approximate surface area is 120 Å². The van der Waals surface area contributed by atoms with E-state index >= 15 is 0 Å². The highest BCUT2D eigenvalue weighted by Gasteiger charge is 2.29. The molecule has 4 heteroatoms. The van der Waals surface area contributed by atoms with E-state index in [1.807, 2.05) is 0 Å². The lowest BCUT2D eigenvalue weighted by Gasteiger charge is -2.41. The van der Waals surface area contributed by atoms with E-state index in [1.165, 1.54) is 12.5 Å². The van der Waals surface area contributed by atoms with Crippen molar-refractivity contribution in [3.8, 4) is 0 Å². The lowest BCUT2D eigenvalue weighted by atomic mass is 9.85. The zero-order chi connectivity index (χ0) is 14.9. The number of halogens is 1. The van der Waals surface area contributed by atoms with Gasteiger partial charge in [-0.25, -0.2) is 4.39 Å². The normalized spacial score (nSPS) is 27.5. The summed E-state index contributed by atoms with van der Waals surface area (Å²) in [6.07, 6.45) is 1.24. The smallest absolute Gasteiger partial charge is 0.128 e. The third-order valence-corrected chi connectivity index (χ3v) is 4.46. The number of amidine groups is 1. The van der Waals surface area contributed by atoms with Gasteiger partial charge in [-0.1, -0.05) is 26.0 Å². The lowest BCUT2D eigenvalue weighted by molar-refractivity contribution is 0.0720. The molecule has 3 unspecified atom stereocenters. The van der Waals surface area contributed by atoms with Crippen LogP contribution < -0.4 is 5.73 Å². The molecule has 2 rings (SSSR count). The van der Waals surface area contributed by atoms with Gasteiger partial charge in [-0.2, -0.15) is 0 Å². The molecule has 1 aliphatic heterocycles. The van der Waals surface area contributed by atoms with E-state index in [-0.39, 0.29) is 11.7 Å². The van der Waals surface area contributed by atoms with E-state index in [1.54, 1.807) is 12.1 Å². The maximum atomic E-state index is 14.1. The molecule has 1 saturated heterocycles. The molecule has 0 aliphatic carbocycles. The number of likely N-dealkylation sites (tertiary alicyclic amines) is 1. The molecule has 1 aliphatic rings. The molecule has 1 aromatic rings. The van der Waals surface area contributed by atoms with Crippen molar-refractivity contribution in [2.75, 3.05) is 6.54 Å². The van der Waals surface area contributed by atoms with Crippen LogP contribution in [0.1, 0.15) is 38.3 Å². The SMILES string of the molecule is CC1CC(C)C(C)N(Cc2ccc(C(=N)N)cc2F)C1. The van der Waals surface area contributed by atoms with Crippen LogP contribution in [0.5, 0.6) is 0 Å². The molecule has 3 nitrogen and oxygen atoms in total. The minimum absolute atomic E-state index is 0.0935. The lowest BCUT2D eigenvalue weighted by Crippen LogP contribution is -2.45. The van der Waals surface area contributed by atoms with Crippen LogP contribution in [-0.2, 0) is 6.54 Å². The molecule has 0 spiro atoms. The maximum Gasteiger partial charge on any atom is 0.128 e. The Balaban J connectivity index is 2.15. The Hall–Kier alpha value is -1.42. The fourth-order valence-corrected chi connectivity index (χ4v) is 3.10. The van der Waals surface area contributed by atoms with Gasteiger partial charge in [0.05, 0.1) is 0 Å². The van der Waals surface area contributed by atoms with Crippen LogP contribution in [-0.4, -0.2) is 23.3 Å². The number of piperidine rings is 1. The van der Waals surface area contributed by atoms with Gasteiger partial charge in [0.2, 0.25) is 0 Å². The number of rotatable bonds is 3. The molecular formula is C16H24FN3. The van der Waals surface area contributed by atoms with Crippen molar-refractivity contribution in [3.63, 3.8) is 0 Å². The molecular weight excluding hydrogens is 253 g/mol. The van der Waals surface area contributed by atoms with Crippen molar-refractivity contribution >= 4 is 5.84 Å². The highest BCUT2D eigenvalue weighted by Crippen LogP contribution is 2.28. The van der Waals surface area contributed by atoms with E-state index in [9.17, 15) is 4.39 Å². The minimum atomic E-state index is -0.268. The Morgan fingerprint density at radius 2 is 2.10 bits per heavy atom. The molecule has 3 N–H and O–H groups in total. The molecule has 3 atom stereocenters. The molecule has 110 valence electrons. The van der Waals surface area contributed by atoms with E-state index in [0.29, 0.717) is 35.5 Å². The first-order chi connectivity index (χ1) is 9.38. The molecule has 0 aromatic heterocycles. The first kappa shape index (κ1) is 15.0. The Morgan fingerprint density at radius 3 is 2.70 bits per heavy atom. The average Bonchev–Trinajstić information content (AvgIpc) is 2.37. The molecule has 1 aromatic carbocycles. The number of nitrogens with zero attached hydrogens (tertiary/aromatic N) is 1. The summed E-state index contributed by atoms with van der Waals surface area (Å²) in [4.78, 5) is 2.35. The van der Waals surface area contributed by atoms with Gasteiger partial charge in [0.15, 0.2) is 0 Å². The van der Waals surface area contributed by atoms with Crippen LogP contribution in [0, 0.1) is 23.1 Å². The molecule has 0 amide bonds. The number of nitrogens with one attached hydrogen (secondary N) is 1. The molecule has 0 saturated carbocycles. The van der Waals surface area contributed by atoms with Gasteiger partial charge in [0, 0.05) is 30.3 Å². The summed E-state index contributed by atoms with van der Waals surface area (Å²) in [6.45, 7) is 8.38. The van der Waals surface area contributed by atoms with Crippen LogP contribution in [0.25, 0.3) is 0 Å². The largest absolute Gasteiger partial charge is 0.384 e. The standard InChI is InChI=1S/C16H24FN3/c1-10-6-11(2)12(3)20(8-10)9-14-5-4-13(16(18)19)7-15(14)17/h4-5,7,10-12H,6,8-9H2,1-3H3,(H3,18,19). The highest BCUT2D eigenvalue weighted by atomic mass is 19.1. The minimum Gasteiger partial charge on any atom is -0.384 e. The van der Waals surface area contributed by atoms with E-state index in [4.69, 9.17) is 11.1 Å². The van der Waals surface area contributed by atoms with Gasteiger partial charge < -0.3 is 5.73 Å². The summed E-state index contributed by atoms with van der Waals surface area (Å²) < 4.78 is 14.1. The van der Waals surface area contributed by atoms with Crippen molar-refractivity contribution in [2.45, 2.75) is 39.8 Å². The van der Waals surface area contributed by atoms with Crippen LogP contribution in [0.3, 0.4) is 0 Å². The zero-order valence-corrected chi connectivity index (χ0v) is 12.5. The summed E-state index contributed by atoms with van der Waals surface area (Å²) in [7, 11) is 0. The second-order valence-electron chi connectivity index (χ2n) is 6.21. The summed E-state index contributed by atoms with van der Waals surface area (Å²) in [6, 6.07) is 5.31. The third kappa shape index (κ3) is 3.18. The van der Waals surface area contributed by atoms with Gasteiger partial charge in [0.25, 0.3) is 0 Å². The fraction of sp³-hybridized carbons (Fsp3) is 0.562. The topological polar surface area (TPSA) is 53.1 Å². The Kier molecular flexibility index (Phi) is 4.43. The summed E-state index contributed by atoms with van der Waals surface area (Å²) in [5.41, 5.74) is 6.51. The molecule has 0 bridgehead atoms. The van der Waals surface area contributed by atoms with Gasteiger partial charge in [-0.3, -0.25) is 10.3 Å². The van der Waals surface area contributed by atoms with Gasteiger partial charge >= 0.3 is 0 Å². The molecule has 1 heterocycles. The number of nitrogens with two attached hydrogens (primary N) is 1. The van der Waals surface area contributed by atoms with Crippen LogP contribution >= 0.6 is 0 Å². The zero-order valence-electron chi connectivity index (χ0n) is 12.5. The van der Waals surface area contributed by atoms with Crippen molar-refractivity contribution in [1.82, 2.24) is 4.90 Å². The molecule has 1 fully saturated rings. The maximum absolute atomic E-state index is 14.1. The molecule has 20 heavy (non-hydrogen) atoms. The second-order valence-corrected chi connectivity index (χ2v) is 6.21. The number of benzene rings is 1. The van der Waals surface area contributed by atoms with Crippen molar-refractivity contribution in [3.05, 3.63) is 35.1 Å². The van der Waals surface area contributed by atoms with Gasteiger partial charge in [-0.15, -0.1) is 0 Å². The second kappa shape index (κ2) is 5.92. The van der Waals surface area contributed by atoms with Gasteiger partial charge in [-0.05, 0) is 31.2 Å². The van der Waals surface area contributed by atoms with Crippen LogP contribution in [0.4, 0.5) is 4.39 Å². The van der Waals surface area contributed by atoms with Crippen LogP contribution in [0.15, 0.2) is 18.2 Å². The summed E-state index contributed by atoms with van der Waals surface area (Å²) in [5.74, 6) is 0.930. The van der Waals surface area contributed by atoms with Gasteiger partial charge in [0.1, 0.15) is 11.7 Å². The van der Waals surface area contributed by atoms with E-state index in [0.717, 1.165) is 6.54 Å². The fourth-order valence-electron chi connectivity index (χ4n) is 3.10. The quantitative estimate of drug-likeness (QED) is 0.659.